The van der Waals surface area contributed by atoms with Crippen molar-refractivity contribution in [2.75, 3.05) is 5.73 Å². The average Bonchev–Trinajstić information content (AvgIpc) is 2.82. The molecule has 2 heterocycles. The number of hydrogen-bond donors (Lipinski definition) is 1. The Kier molecular flexibility index (Phi) is 2.46. The van der Waals surface area contributed by atoms with Crippen molar-refractivity contribution < 1.29 is 0 Å². The average molecular weight is 311 g/mol. The molecule has 0 amide bonds. The van der Waals surface area contributed by atoms with Crippen LogP contribution in [0.4, 0.5) is 5.69 Å². The Morgan fingerprint density at radius 3 is 2.88 bits per heavy atom. The van der Waals surface area contributed by atoms with E-state index in [-0.39, 0.29) is 0 Å². The Hall–Kier alpha value is -0.910. The van der Waals surface area contributed by atoms with E-state index in [4.69, 9.17) is 5.73 Å². The summed E-state index contributed by atoms with van der Waals surface area (Å²) in [5, 5.41) is 2.99. The normalized spacial score (nSPS) is 11.1. The molecule has 0 atom stereocenters. The number of thiophene rings is 1. The summed E-state index contributed by atoms with van der Waals surface area (Å²) in [5.41, 5.74) is 7.72. The summed E-state index contributed by atoms with van der Waals surface area (Å²) in [7, 11) is 0. The van der Waals surface area contributed by atoms with E-state index in [1.54, 1.807) is 22.7 Å². The van der Waals surface area contributed by atoms with Gasteiger partial charge in [0.25, 0.3) is 0 Å². The summed E-state index contributed by atoms with van der Waals surface area (Å²) in [4.78, 5) is 5.65. The number of nitrogens with zero attached hydrogens (tertiary/aromatic N) is 1. The number of benzene rings is 1. The smallest absolute Gasteiger partial charge is 0.136 e. The molecule has 0 saturated carbocycles. The molecule has 3 aromatic rings. The largest absolute Gasteiger partial charge is 0.397 e. The second kappa shape index (κ2) is 3.84. The summed E-state index contributed by atoms with van der Waals surface area (Å²) in [6.07, 6.45) is 0. The van der Waals surface area contributed by atoms with Gasteiger partial charge >= 0.3 is 0 Å². The van der Waals surface area contributed by atoms with Crippen molar-refractivity contribution in [2.24, 2.45) is 0 Å². The van der Waals surface area contributed by atoms with Crippen LogP contribution in [0.5, 0.6) is 0 Å². The predicted octanol–water partition coefficient (Wildman–Crippen LogP) is 4.37. The van der Waals surface area contributed by atoms with Crippen molar-refractivity contribution in [3.05, 3.63) is 34.1 Å². The van der Waals surface area contributed by atoms with E-state index >= 15 is 0 Å². The van der Waals surface area contributed by atoms with Gasteiger partial charge in [-0.25, -0.2) is 4.98 Å². The summed E-state index contributed by atoms with van der Waals surface area (Å²) < 4.78 is 2.26. The van der Waals surface area contributed by atoms with Crippen LogP contribution in [-0.2, 0) is 0 Å². The zero-order valence-electron chi connectivity index (χ0n) is 8.11. The molecule has 0 spiro atoms. The molecule has 16 heavy (non-hydrogen) atoms. The number of fused-ring (bicyclic) bond motifs is 1. The third kappa shape index (κ3) is 1.65. The molecule has 0 fully saturated rings. The molecular formula is C11H7BrN2S2. The van der Waals surface area contributed by atoms with Crippen molar-refractivity contribution >= 4 is 54.5 Å². The van der Waals surface area contributed by atoms with Gasteiger partial charge in [0.05, 0.1) is 20.8 Å². The third-order valence-electron chi connectivity index (χ3n) is 2.24. The number of anilines is 1. The lowest BCUT2D eigenvalue weighted by Crippen LogP contribution is -1.82. The van der Waals surface area contributed by atoms with Gasteiger partial charge in [-0.1, -0.05) is 15.9 Å². The van der Waals surface area contributed by atoms with Crippen LogP contribution in [0.15, 0.2) is 34.1 Å². The highest BCUT2D eigenvalue weighted by atomic mass is 79.9. The molecule has 3 rings (SSSR count). The summed E-state index contributed by atoms with van der Waals surface area (Å²) in [6, 6.07) is 8.02. The minimum Gasteiger partial charge on any atom is -0.397 e. The van der Waals surface area contributed by atoms with Gasteiger partial charge in [0, 0.05) is 4.47 Å². The molecule has 1 aromatic carbocycles. The first-order valence-corrected chi connectivity index (χ1v) is 7.12. The number of hydrogen-bond acceptors (Lipinski definition) is 4. The van der Waals surface area contributed by atoms with Crippen LogP contribution in [0.1, 0.15) is 0 Å². The molecule has 80 valence electrons. The standard InChI is InChI=1S/C11H7BrN2S2/c12-6-1-2-8-9(5-6)16-11(14-8)10-7(13)3-4-15-10/h1-5H,13H2. The monoisotopic (exact) mass is 310 g/mol. The minimum atomic E-state index is 0.808. The first kappa shape index (κ1) is 10.3. The zero-order valence-corrected chi connectivity index (χ0v) is 11.3. The summed E-state index contributed by atoms with van der Waals surface area (Å²) >= 11 is 6.77. The maximum Gasteiger partial charge on any atom is 0.136 e. The lowest BCUT2D eigenvalue weighted by Gasteiger charge is -1.90. The van der Waals surface area contributed by atoms with Crippen molar-refractivity contribution in [1.82, 2.24) is 4.98 Å². The molecule has 0 bridgehead atoms. The Morgan fingerprint density at radius 2 is 2.12 bits per heavy atom. The fourth-order valence-electron chi connectivity index (χ4n) is 1.49. The van der Waals surface area contributed by atoms with Crippen LogP contribution in [-0.4, -0.2) is 4.98 Å². The molecule has 0 saturated heterocycles. The number of nitrogen functional groups attached to an aromatic ring is 1. The van der Waals surface area contributed by atoms with Crippen LogP contribution in [0.2, 0.25) is 0 Å². The topological polar surface area (TPSA) is 38.9 Å². The van der Waals surface area contributed by atoms with Gasteiger partial charge in [-0.15, -0.1) is 22.7 Å². The fourth-order valence-corrected chi connectivity index (χ4v) is 3.94. The third-order valence-corrected chi connectivity index (χ3v) is 4.84. The van der Waals surface area contributed by atoms with Crippen molar-refractivity contribution in [3.8, 4) is 9.88 Å². The van der Waals surface area contributed by atoms with E-state index in [0.717, 1.165) is 25.6 Å². The summed E-state index contributed by atoms with van der Waals surface area (Å²) in [6.45, 7) is 0. The second-order valence-corrected chi connectivity index (χ2v) is 6.20. The lowest BCUT2D eigenvalue weighted by atomic mass is 10.3. The molecule has 2 aromatic heterocycles. The molecule has 2 N–H and O–H groups in total. The van der Waals surface area contributed by atoms with Gasteiger partial charge in [-0.05, 0) is 29.6 Å². The molecule has 0 unspecified atom stereocenters. The van der Waals surface area contributed by atoms with Gasteiger partial charge in [0.1, 0.15) is 5.01 Å². The van der Waals surface area contributed by atoms with E-state index in [2.05, 4.69) is 27.0 Å². The molecule has 0 aliphatic carbocycles. The van der Waals surface area contributed by atoms with Crippen LogP contribution in [0, 0.1) is 0 Å². The molecule has 0 aliphatic heterocycles. The number of rotatable bonds is 1. The van der Waals surface area contributed by atoms with Crippen LogP contribution in [0.3, 0.4) is 0 Å². The SMILES string of the molecule is Nc1ccsc1-c1nc2ccc(Br)cc2s1. The maximum atomic E-state index is 5.89. The molecular weight excluding hydrogens is 304 g/mol. The highest BCUT2D eigenvalue weighted by Crippen LogP contribution is 2.37. The second-order valence-electron chi connectivity index (χ2n) is 3.34. The van der Waals surface area contributed by atoms with E-state index < -0.39 is 0 Å². The van der Waals surface area contributed by atoms with Crippen molar-refractivity contribution in [3.63, 3.8) is 0 Å². The van der Waals surface area contributed by atoms with Gasteiger partial charge in [0.15, 0.2) is 0 Å². The Balaban J connectivity index is 2.23. The van der Waals surface area contributed by atoms with Crippen molar-refractivity contribution in [2.45, 2.75) is 0 Å². The van der Waals surface area contributed by atoms with Gasteiger partial charge in [-0.2, -0.15) is 0 Å². The van der Waals surface area contributed by atoms with Crippen LogP contribution < -0.4 is 5.73 Å². The van der Waals surface area contributed by atoms with Gasteiger partial charge < -0.3 is 5.73 Å². The van der Waals surface area contributed by atoms with Gasteiger partial charge in [-0.3, -0.25) is 0 Å². The zero-order chi connectivity index (χ0) is 11.1. The van der Waals surface area contributed by atoms with Crippen LogP contribution in [0.25, 0.3) is 20.1 Å². The van der Waals surface area contributed by atoms with E-state index in [0.29, 0.717) is 0 Å². The number of nitrogens with two attached hydrogens (primary N) is 1. The molecule has 2 nitrogen and oxygen atoms in total. The highest BCUT2D eigenvalue weighted by Gasteiger charge is 2.10. The van der Waals surface area contributed by atoms with E-state index in [9.17, 15) is 0 Å². The molecule has 5 heteroatoms. The van der Waals surface area contributed by atoms with Gasteiger partial charge in [0.2, 0.25) is 0 Å². The summed E-state index contributed by atoms with van der Waals surface area (Å²) in [5.74, 6) is 0. The Morgan fingerprint density at radius 1 is 1.25 bits per heavy atom. The quantitative estimate of drug-likeness (QED) is 0.725. The van der Waals surface area contributed by atoms with E-state index in [1.807, 2.05) is 23.6 Å². The fraction of sp³-hybridized carbons (Fsp3) is 0. The first-order valence-electron chi connectivity index (χ1n) is 4.63. The first-order chi connectivity index (χ1) is 7.74. The number of halogens is 1. The lowest BCUT2D eigenvalue weighted by molar-refractivity contribution is 1.50. The number of thiazole rings is 1. The Labute approximate surface area is 109 Å². The molecule has 0 aliphatic rings. The highest BCUT2D eigenvalue weighted by molar-refractivity contribution is 9.10. The Bertz CT molecular complexity index is 657. The predicted molar refractivity (Wildman–Crippen MR) is 75.0 cm³/mol. The number of aromatic nitrogens is 1. The van der Waals surface area contributed by atoms with Crippen molar-refractivity contribution in [1.29, 1.82) is 0 Å². The molecule has 0 radical (unpaired) electrons. The minimum absolute atomic E-state index is 0.808. The maximum absolute atomic E-state index is 5.89. The van der Waals surface area contributed by atoms with E-state index in [1.165, 1.54) is 4.70 Å². The van der Waals surface area contributed by atoms with Crippen LogP contribution >= 0.6 is 38.6 Å².